The second kappa shape index (κ2) is 4.57. The van der Waals surface area contributed by atoms with Gasteiger partial charge in [-0.15, -0.1) is 5.10 Å². The van der Waals surface area contributed by atoms with Crippen molar-refractivity contribution in [3.8, 4) is 11.9 Å². The van der Waals surface area contributed by atoms with Gasteiger partial charge in [0.25, 0.3) is 11.4 Å². The number of hydrogen-bond donors (Lipinski definition) is 0. The predicted molar refractivity (Wildman–Crippen MR) is 58.4 cm³/mol. The summed E-state index contributed by atoms with van der Waals surface area (Å²) in [4.78, 5) is 19.7. The van der Waals surface area contributed by atoms with Crippen molar-refractivity contribution in [3.63, 3.8) is 0 Å². The average molecular weight is 230 g/mol. The van der Waals surface area contributed by atoms with Crippen LogP contribution in [0.25, 0.3) is 5.82 Å². The number of aromatic nitrogens is 5. The molecule has 0 N–H and O–H groups in total. The van der Waals surface area contributed by atoms with Crippen LogP contribution >= 0.6 is 0 Å². The van der Waals surface area contributed by atoms with Crippen molar-refractivity contribution in [2.75, 3.05) is 0 Å². The molecule has 0 fully saturated rings. The monoisotopic (exact) mass is 230 g/mol. The van der Waals surface area contributed by atoms with Crippen LogP contribution in [0.4, 0.5) is 0 Å². The van der Waals surface area contributed by atoms with Crippen LogP contribution in [0.5, 0.6) is 0 Å². The van der Waals surface area contributed by atoms with Crippen LogP contribution in [-0.2, 0) is 6.54 Å². The summed E-state index contributed by atoms with van der Waals surface area (Å²) in [5, 5.41) is 12.4. The molecule has 7 heteroatoms. The fraction of sp³-hybridized carbons (Fsp3) is 0.300. The summed E-state index contributed by atoms with van der Waals surface area (Å²) in [5.74, 6) is 0.159. The third kappa shape index (κ3) is 2.06. The van der Waals surface area contributed by atoms with Crippen LogP contribution in [0.3, 0.4) is 0 Å². The summed E-state index contributed by atoms with van der Waals surface area (Å²) >= 11 is 0. The van der Waals surface area contributed by atoms with Crippen molar-refractivity contribution in [2.24, 2.45) is 0 Å². The minimum absolute atomic E-state index is 0.0112. The second-order valence-corrected chi connectivity index (χ2v) is 3.37. The fourth-order valence-corrected chi connectivity index (χ4v) is 1.43. The molecule has 0 aromatic carbocycles. The van der Waals surface area contributed by atoms with Crippen molar-refractivity contribution in [3.05, 3.63) is 34.9 Å². The summed E-state index contributed by atoms with van der Waals surface area (Å²) in [6.45, 7) is 2.60. The molecule has 2 aromatic heterocycles. The Morgan fingerprint density at radius 2 is 2.29 bits per heavy atom. The Kier molecular flexibility index (Phi) is 2.96. The highest BCUT2D eigenvalue weighted by Crippen LogP contribution is 1.96. The Hall–Kier alpha value is -2.49. The average Bonchev–Trinajstić information content (AvgIpc) is 2.80. The Labute approximate surface area is 97.0 Å². The van der Waals surface area contributed by atoms with E-state index in [1.54, 1.807) is 16.8 Å². The van der Waals surface area contributed by atoms with Crippen molar-refractivity contribution in [1.82, 2.24) is 24.3 Å². The van der Waals surface area contributed by atoms with E-state index in [1.807, 2.05) is 6.92 Å². The van der Waals surface area contributed by atoms with E-state index in [1.165, 1.54) is 17.2 Å². The molecule has 0 unspecified atom stereocenters. The normalized spacial score (nSPS) is 10.1. The Morgan fingerprint density at radius 1 is 1.47 bits per heavy atom. The van der Waals surface area contributed by atoms with Gasteiger partial charge in [0.05, 0.1) is 0 Å². The highest BCUT2D eigenvalue weighted by Gasteiger charge is 2.09. The zero-order valence-electron chi connectivity index (χ0n) is 9.24. The van der Waals surface area contributed by atoms with Gasteiger partial charge >= 0.3 is 0 Å². The first-order valence-electron chi connectivity index (χ1n) is 5.14. The topological polar surface area (TPSA) is 89.4 Å². The summed E-state index contributed by atoms with van der Waals surface area (Å²) in [6, 6.07) is 1.80. The summed E-state index contributed by atoms with van der Waals surface area (Å²) in [6.07, 6.45) is 5.31. The summed E-state index contributed by atoms with van der Waals surface area (Å²) < 4.78 is 2.77. The number of nitrogens with zero attached hydrogens (tertiary/aromatic N) is 6. The molecule has 0 aliphatic rings. The van der Waals surface area contributed by atoms with Gasteiger partial charge in [0.1, 0.15) is 12.4 Å². The highest BCUT2D eigenvalue weighted by molar-refractivity contribution is 5.18. The van der Waals surface area contributed by atoms with Gasteiger partial charge in [-0.1, -0.05) is 6.92 Å². The van der Waals surface area contributed by atoms with Gasteiger partial charge in [-0.05, 0) is 6.42 Å². The Bertz CT molecular complexity index is 620. The second-order valence-electron chi connectivity index (χ2n) is 3.37. The number of aryl methyl sites for hydroxylation is 1. The minimum Gasteiger partial charge on any atom is -0.311 e. The lowest BCUT2D eigenvalue weighted by Crippen LogP contribution is -2.25. The van der Waals surface area contributed by atoms with E-state index < -0.39 is 0 Å². The third-order valence-electron chi connectivity index (χ3n) is 2.17. The lowest BCUT2D eigenvalue weighted by atomic mass is 10.4. The zero-order valence-corrected chi connectivity index (χ0v) is 9.24. The molecule has 0 amide bonds. The number of rotatable bonds is 3. The van der Waals surface area contributed by atoms with E-state index >= 15 is 0 Å². The quantitative estimate of drug-likeness (QED) is 0.746. The third-order valence-corrected chi connectivity index (χ3v) is 2.17. The molecule has 7 nitrogen and oxygen atoms in total. The van der Waals surface area contributed by atoms with Gasteiger partial charge < -0.3 is 4.57 Å². The van der Waals surface area contributed by atoms with Crippen LogP contribution in [-0.4, -0.2) is 24.3 Å². The van der Waals surface area contributed by atoms with Gasteiger partial charge in [0.15, 0.2) is 0 Å². The molecule has 86 valence electrons. The number of nitriles is 1. The molecule has 17 heavy (non-hydrogen) atoms. The SMILES string of the molecule is CCCn1ccnc(-n2cnc(C#N)n2)c1=O. The van der Waals surface area contributed by atoms with E-state index in [4.69, 9.17) is 5.26 Å². The van der Waals surface area contributed by atoms with Crippen molar-refractivity contribution in [2.45, 2.75) is 19.9 Å². The largest absolute Gasteiger partial charge is 0.311 e. The maximum absolute atomic E-state index is 12.0. The van der Waals surface area contributed by atoms with Crippen molar-refractivity contribution >= 4 is 0 Å². The molecular weight excluding hydrogens is 220 g/mol. The predicted octanol–water partition coefficient (Wildman–Crippen LogP) is 0.106. The highest BCUT2D eigenvalue weighted by atomic mass is 16.1. The van der Waals surface area contributed by atoms with Gasteiger partial charge in [-0.2, -0.15) is 9.94 Å². The lowest BCUT2D eigenvalue weighted by molar-refractivity contribution is 0.636. The minimum atomic E-state index is -0.247. The standard InChI is InChI=1S/C10H10N6O/c1-2-4-15-5-3-12-9(10(15)17)16-7-13-8(6-11)14-16/h3,5,7H,2,4H2,1H3. The van der Waals surface area contributed by atoms with Crippen LogP contribution in [0.15, 0.2) is 23.5 Å². The molecule has 0 saturated heterocycles. The molecule has 0 radical (unpaired) electrons. The molecule has 0 atom stereocenters. The van der Waals surface area contributed by atoms with Crippen molar-refractivity contribution < 1.29 is 0 Å². The van der Waals surface area contributed by atoms with Crippen LogP contribution < -0.4 is 5.56 Å². The Balaban J connectivity index is 2.49. The molecular formula is C10H10N6O. The molecule has 2 heterocycles. The van der Waals surface area contributed by atoms with E-state index in [0.29, 0.717) is 6.54 Å². The molecule has 0 bridgehead atoms. The van der Waals surface area contributed by atoms with Gasteiger partial charge in [0, 0.05) is 18.9 Å². The molecule has 0 saturated carbocycles. The first-order valence-corrected chi connectivity index (χ1v) is 5.14. The van der Waals surface area contributed by atoms with E-state index in [-0.39, 0.29) is 17.2 Å². The molecule has 0 spiro atoms. The van der Waals surface area contributed by atoms with Crippen LogP contribution in [0.1, 0.15) is 19.2 Å². The first kappa shape index (κ1) is 11.0. The summed E-state index contributed by atoms with van der Waals surface area (Å²) in [7, 11) is 0. The molecule has 0 aliphatic heterocycles. The summed E-state index contributed by atoms with van der Waals surface area (Å²) in [5.41, 5.74) is -0.247. The fourth-order valence-electron chi connectivity index (χ4n) is 1.43. The van der Waals surface area contributed by atoms with Gasteiger partial charge in [0.2, 0.25) is 5.82 Å². The van der Waals surface area contributed by atoms with Crippen LogP contribution in [0.2, 0.25) is 0 Å². The first-order chi connectivity index (χ1) is 8.26. The van der Waals surface area contributed by atoms with Gasteiger partial charge in [-0.25, -0.2) is 9.97 Å². The molecule has 2 aromatic rings. The van der Waals surface area contributed by atoms with E-state index in [2.05, 4.69) is 15.1 Å². The van der Waals surface area contributed by atoms with Crippen LogP contribution in [0, 0.1) is 11.3 Å². The maximum atomic E-state index is 12.0. The Morgan fingerprint density at radius 3 is 2.94 bits per heavy atom. The van der Waals surface area contributed by atoms with E-state index in [9.17, 15) is 4.79 Å². The van der Waals surface area contributed by atoms with Crippen molar-refractivity contribution in [1.29, 1.82) is 5.26 Å². The zero-order chi connectivity index (χ0) is 12.3. The van der Waals surface area contributed by atoms with E-state index in [0.717, 1.165) is 6.42 Å². The smallest absolute Gasteiger partial charge is 0.295 e. The van der Waals surface area contributed by atoms with Gasteiger partial charge in [-0.3, -0.25) is 4.79 Å². The lowest BCUT2D eigenvalue weighted by Gasteiger charge is -2.04. The molecule has 2 rings (SSSR count). The number of hydrogen-bond acceptors (Lipinski definition) is 5. The maximum Gasteiger partial charge on any atom is 0.295 e. The molecule has 0 aliphatic carbocycles.